The lowest BCUT2D eigenvalue weighted by atomic mass is 10.2. The molecule has 0 rings (SSSR count). The maximum absolute atomic E-state index is 10.6. The zero-order valence-corrected chi connectivity index (χ0v) is 8.25. The molecule has 0 unspecified atom stereocenters. The molecule has 0 aliphatic carbocycles. The molecule has 0 aliphatic heterocycles. The fourth-order valence-electron chi connectivity index (χ4n) is 1.01. The molecule has 0 saturated carbocycles. The molecule has 0 bridgehead atoms. The average molecular weight is 182 g/mol. The Bertz CT molecular complexity index is 176. The normalized spacial score (nSPS) is 10.5. The van der Waals surface area contributed by atoms with Gasteiger partial charge in [0.15, 0.2) is 0 Å². The van der Waals surface area contributed by atoms with Crippen LogP contribution in [-0.2, 0) is 4.79 Å². The van der Waals surface area contributed by atoms with Crippen LogP contribution >= 0.6 is 0 Å². The standard InChI is InChI=1S/C10H18N2O/c1-2-3-4-5-6-7-8-9-10(13)12-11/h6-7,11H,2-5,8-9H2,1H3/b7-6-,12-11?. The van der Waals surface area contributed by atoms with E-state index < -0.39 is 0 Å². The number of carbonyl (C=O) groups excluding carboxylic acids is 1. The third kappa shape index (κ3) is 8.92. The van der Waals surface area contributed by atoms with Crippen LogP contribution in [0.1, 0.15) is 45.4 Å². The molecule has 13 heavy (non-hydrogen) atoms. The molecule has 1 N–H and O–H groups in total. The Morgan fingerprint density at radius 2 is 2.00 bits per heavy atom. The molecule has 0 fully saturated rings. The number of rotatable bonds is 7. The molecular formula is C10H18N2O. The van der Waals surface area contributed by atoms with Crippen LogP contribution in [0.25, 0.3) is 0 Å². The second kappa shape index (κ2) is 9.10. The monoisotopic (exact) mass is 182 g/mol. The molecule has 0 atom stereocenters. The molecule has 0 heterocycles. The van der Waals surface area contributed by atoms with Crippen molar-refractivity contribution in [2.45, 2.75) is 45.4 Å². The van der Waals surface area contributed by atoms with Crippen molar-refractivity contribution < 1.29 is 4.79 Å². The molecule has 0 aromatic heterocycles. The third-order valence-corrected chi connectivity index (χ3v) is 1.79. The minimum atomic E-state index is -0.335. The zero-order chi connectivity index (χ0) is 9.94. The number of allylic oxidation sites excluding steroid dienone is 2. The van der Waals surface area contributed by atoms with E-state index in [1.807, 2.05) is 6.08 Å². The van der Waals surface area contributed by atoms with Gasteiger partial charge in [0, 0.05) is 6.42 Å². The van der Waals surface area contributed by atoms with E-state index in [4.69, 9.17) is 5.53 Å². The summed E-state index contributed by atoms with van der Waals surface area (Å²) in [5.74, 6) is -0.335. The highest BCUT2D eigenvalue weighted by molar-refractivity contribution is 5.75. The van der Waals surface area contributed by atoms with Gasteiger partial charge < -0.3 is 0 Å². The maximum Gasteiger partial charge on any atom is 0.264 e. The summed E-state index contributed by atoms with van der Waals surface area (Å²) >= 11 is 0. The molecule has 0 aliphatic rings. The molecule has 0 saturated heterocycles. The largest absolute Gasteiger partial charge is 0.271 e. The number of nitrogens with zero attached hydrogens (tertiary/aromatic N) is 1. The van der Waals surface area contributed by atoms with Crippen LogP contribution in [-0.4, -0.2) is 5.91 Å². The van der Waals surface area contributed by atoms with Crippen molar-refractivity contribution in [2.24, 2.45) is 5.11 Å². The summed E-state index contributed by atoms with van der Waals surface area (Å²) in [7, 11) is 0. The Kier molecular flexibility index (Phi) is 8.41. The molecule has 1 amide bonds. The summed E-state index contributed by atoms with van der Waals surface area (Å²) < 4.78 is 0. The van der Waals surface area contributed by atoms with Gasteiger partial charge >= 0.3 is 0 Å². The first-order chi connectivity index (χ1) is 6.31. The van der Waals surface area contributed by atoms with E-state index in [0.717, 1.165) is 6.42 Å². The minimum Gasteiger partial charge on any atom is -0.271 e. The van der Waals surface area contributed by atoms with Crippen molar-refractivity contribution in [2.75, 3.05) is 0 Å². The Hall–Kier alpha value is -0.990. The van der Waals surface area contributed by atoms with Gasteiger partial charge in [-0.05, 0) is 19.3 Å². The van der Waals surface area contributed by atoms with Crippen molar-refractivity contribution >= 4 is 5.91 Å². The first-order valence-electron chi connectivity index (χ1n) is 4.86. The van der Waals surface area contributed by atoms with Crippen LogP contribution in [0.4, 0.5) is 0 Å². The van der Waals surface area contributed by atoms with Crippen molar-refractivity contribution in [3.63, 3.8) is 0 Å². The summed E-state index contributed by atoms with van der Waals surface area (Å²) in [6.45, 7) is 2.18. The van der Waals surface area contributed by atoms with Crippen LogP contribution in [0.15, 0.2) is 17.3 Å². The maximum atomic E-state index is 10.6. The van der Waals surface area contributed by atoms with Crippen LogP contribution in [0, 0.1) is 5.53 Å². The quantitative estimate of drug-likeness (QED) is 0.366. The number of nitrogens with one attached hydrogen (secondary N) is 1. The average Bonchev–Trinajstić information content (AvgIpc) is 2.16. The summed E-state index contributed by atoms with van der Waals surface area (Å²) in [4.78, 5) is 10.6. The summed E-state index contributed by atoms with van der Waals surface area (Å²) in [5, 5.41) is 2.81. The Labute approximate surface area is 79.7 Å². The number of hydrogen-bond donors (Lipinski definition) is 1. The Balaban J connectivity index is 3.21. The first kappa shape index (κ1) is 12.0. The molecule has 0 radical (unpaired) electrons. The smallest absolute Gasteiger partial charge is 0.264 e. The molecule has 0 spiro atoms. The van der Waals surface area contributed by atoms with Gasteiger partial charge in [0.05, 0.1) is 0 Å². The van der Waals surface area contributed by atoms with Gasteiger partial charge in [-0.1, -0.05) is 31.9 Å². The fourth-order valence-corrected chi connectivity index (χ4v) is 1.01. The van der Waals surface area contributed by atoms with Gasteiger partial charge in [0.2, 0.25) is 0 Å². The van der Waals surface area contributed by atoms with Crippen molar-refractivity contribution in [1.29, 1.82) is 5.53 Å². The van der Waals surface area contributed by atoms with Gasteiger partial charge in [0.1, 0.15) is 0 Å². The Morgan fingerprint density at radius 3 is 2.62 bits per heavy atom. The van der Waals surface area contributed by atoms with E-state index in [-0.39, 0.29) is 5.91 Å². The molecule has 0 aromatic carbocycles. The van der Waals surface area contributed by atoms with Gasteiger partial charge in [0.25, 0.3) is 5.91 Å². The van der Waals surface area contributed by atoms with Crippen molar-refractivity contribution in [1.82, 2.24) is 0 Å². The van der Waals surface area contributed by atoms with Gasteiger partial charge in [-0.25, -0.2) is 5.53 Å². The second-order valence-electron chi connectivity index (χ2n) is 3.01. The summed E-state index contributed by atoms with van der Waals surface area (Å²) in [6, 6.07) is 0. The molecule has 0 aromatic rings. The van der Waals surface area contributed by atoms with E-state index in [1.165, 1.54) is 19.3 Å². The third-order valence-electron chi connectivity index (χ3n) is 1.79. The van der Waals surface area contributed by atoms with Crippen LogP contribution in [0.5, 0.6) is 0 Å². The van der Waals surface area contributed by atoms with E-state index in [1.54, 1.807) is 0 Å². The highest BCUT2D eigenvalue weighted by atomic mass is 16.1. The Morgan fingerprint density at radius 1 is 1.31 bits per heavy atom. The fraction of sp³-hybridized carbons (Fsp3) is 0.700. The van der Waals surface area contributed by atoms with Gasteiger partial charge in [-0.3, -0.25) is 4.79 Å². The van der Waals surface area contributed by atoms with Crippen LogP contribution in [0.3, 0.4) is 0 Å². The minimum absolute atomic E-state index is 0.335. The SMILES string of the molecule is CCCCC/C=C\CCC(=O)N=N. The lowest BCUT2D eigenvalue weighted by molar-refractivity contribution is -0.118. The van der Waals surface area contributed by atoms with Crippen LogP contribution in [0.2, 0.25) is 0 Å². The van der Waals surface area contributed by atoms with E-state index in [2.05, 4.69) is 18.1 Å². The first-order valence-corrected chi connectivity index (χ1v) is 4.86. The van der Waals surface area contributed by atoms with E-state index in [0.29, 0.717) is 12.8 Å². The second-order valence-corrected chi connectivity index (χ2v) is 3.01. The number of hydrogen-bond acceptors (Lipinski definition) is 2. The van der Waals surface area contributed by atoms with Crippen molar-refractivity contribution in [3.05, 3.63) is 12.2 Å². The predicted molar refractivity (Wildman–Crippen MR) is 52.7 cm³/mol. The molecule has 3 heteroatoms. The van der Waals surface area contributed by atoms with E-state index in [9.17, 15) is 4.79 Å². The van der Waals surface area contributed by atoms with Crippen LogP contribution < -0.4 is 0 Å². The number of amides is 1. The van der Waals surface area contributed by atoms with Gasteiger partial charge in [-0.2, -0.15) is 0 Å². The van der Waals surface area contributed by atoms with Gasteiger partial charge in [-0.15, -0.1) is 5.11 Å². The lowest BCUT2D eigenvalue weighted by Gasteiger charge is -1.91. The predicted octanol–water partition coefficient (Wildman–Crippen LogP) is 3.46. The molecule has 3 nitrogen and oxygen atoms in total. The topological polar surface area (TPSA) is 53.3 Å². The highest BCUT2D eigenvalue weighted by Crippen LogP contribution is 2.01. The number of unbranched alkanes of at least 4 members (excludes halogenated alkanes) is 3. The molecular weight excluding hydrogens is 164 g/mol. The van der Waals surface area contributed by atoms with Crippen molar-refractivity contribution in [3.8, 4) is 0 Å². The summed E-state index contributed by atoms with van der Waals surface area (Å²) in [5.41, 5.74) is 6.43. The molecule has 74 valence electrons. The number of carbonyl (C=O) groups is 1. The highest BCUT2D eigenvalue weighted by Gasteiger charge is 1.93. The zero-order valence-electron chi connectivity index (χ0n) is 8.25. The summed E-state index contributed by atoms with van der Waals surface area (Å²) in [6.07, 6.45) is 10.0. The van der Waals surface area contributed by atoms with E-state index >= 15 is 0 Å². The lowest BCUT2D eigenvalue weighted by Crippen LogP contribution is -1.88.